The number of nitrogens with zero attached hydrogens (tertiary/aromatic N) is 1. The maximum absolute atomic E-state index is 5.67. The highest BCUT2D eigenvalue weighted by Gasteiger charge is 2.23. The summed E-state index contributed by atoms with van der Waals surface area (Å²) >= 11 is 0. The molecule has 1 aliphatic heterocycles. The van der Waals surface area contributed by atoms with Crippen LogP contribution in [0.5, 0.6) is 0 Å². The number of nitrogens with one attached hydrogen (secondary N) is 1. The van der Waals surface area contributed by atoms with Gasteiger partial charge in [0.1, 0.15) is 5.76 Å². The van der Waals surface area contributed by atoms with Gasteiger partial charge >= 0.3 is 0 Å². The lowest BCUT2D eigenvalue weighted by atomic mass is 10.1. The highest BCUT2D eigenvalue weighted by atomic mass is 16.5. The minimum Gasteiger partial charge on any atom is -0.468 e. The lowest BCUT2D eigenvalue weighted by molar-refractivity contribution is 0.0262. The number of rotatable bonds is 6. The standard InChI is InChI=1S/C15H24N2O2/c1-18-14-3-2-7-17(10-14)11-15-12(6-8-19-15)9-16-13-4-5-13/h6,8,13-14,16H,2-5,7,9-11H2,1H3. The van der Waals surface area contributed by atoms with Gasteiger partial charge in [-0.1, -0.05) is 0 Å². The van der Waals surface area contributed by atoms with E-state index in [9.17, 15) is 0 Å². The number of furan rings is 1. The van der Waals surface area contributed by atoms with Crippen LogP contribution in [-0.4, -0.2) is 37.2 Å². The van der Waals surface area contributed by atoms with Crippen LogP contribution in [0.3, 0.4) is 0 Å². The normalized spacial score (nSPS) is 24.8. The second kappa shape index (κ2) is 6.07. The average molecular weight is 264 g/mol. The molecule has 3 rings (SSSR count). The Kier molecular flexibility index (Phi) is 4.21. The maximum Gasteiger partial charge on any atom is 0.122 e. The molecule has 1 unspecified atom stereocenters. The molecule has 106 valence electrons. The van der Waals surface area contributed by atoms with Crippen molar-refractivity contribution in [1.29, 1.82) is 0 Å². The van der Waals surface area contributed by atoms with E-state index in [4.69, 9.17) is 9.15 Å². The van der Waals surface area contributed by atoms with Gasteiger partial charge in [0, 0.05) is 31.8 Å². The van der Waals surface area contributed by atoms with Crippen LogP contribution >= 0.6 is 0 Å². The van der Waals surface area contributed by atoms with E-state index in [0.29, 0.717) is 6.10 Å². The maximum atomic E-state index is 5.67. The Hall–Kier alpha value is -0.840. The summed E-state index contributed by atoms with van der Waals surface area (Å²) in [7, 11) is 1.81. The van der Waals surface area contributed by atoms with Crippen LogP contribution in [0.15, 0.2) is 16.7 Å². The third-order valence-electron chi connectivity index (χ3n) is 4.16. The fourth-order valence-electron chi connectivity index (χ4n) is 2.76. The van der Waals surface area contributed by atoms with Gasteiger partial charge in [-0.3, -0.25) is 4.90 Å². The zero-order chi connectivity index (χ0) is 13.1. The summed E-state index contributed by atoms with van der Waals surface area (Å²) in [5.41, 5.74) is 1.31. The lowest BCUT2D eigenvalue weighted by Crippen LogP contribution is -2.38. The molecule has 0 radical (unpaired) electrons. The highest BCUT2D eigenvalue weighted by Crippen LogP contribution is 2.22. The summed E-state index contributed by atoms with van der Waals surface area (Å²) in [4.78, 5) is 2.44. The molecular weight excluding hydrogens is 240 g/mol. The Morgan fingerprint density at radius 1 is 1.42 bits per heavy atom. The van der Waals surface area contributed by atoms with Crippen molar-refractivity contribution >= 4 is 0 Å². The van der Waals surface area contributed by atoms with E-state index in [0.717, 1.165) is 38.0 Å². The number of piperidine rings is 1. The molecule has 1 saturated heterocycles. The third-order valence-corrected chi connectivity index (χ3v) is 4.16. The van der Waals surface area contributed by atoms with Gasteiger partial charge in [-0.2, -0.15) is 0 Å². The minimum atomic E-state index is 0.386. The quantitative estimate of drug-likeness (QED) is 0.854. The smallest absolute Gasteiger partial charge is 0.122 e. The zero-order valence-electron chi connectivity index (χ0n) is 11.7. The zero-order valence-corrected chi connectivity index (χ0v) is 11.7. The Labute approximate surface area is 115 Å². The molecule has 19 heavy (non-hydrogen) atoms. The summed E-state index contributed by atoms with van der Waals surface area (Å²) in [5, 5.41) is 3.55. The Morgan fingerprint density at radius 2 is 2.32 bits per heavy atom. The van der Waals surface area contributed by atoms with Crippen molar-refractivity contribution in [2.24, 2.45) is 0 Å². The van der Waals surface area contributed by atoms with Gasteiger partial charge in [0.15, 0.2) is 0 Å². The van der Waals surface area contributed by atoms with Crippen molar-refractivity contribution in [2.45, 2.75) is 50.9 Å². The van der Waals surface area contributed by atoms with Gasteiger partial charge in [0.2, 0.25) is 0 Å². The Balaban J connectivity index is 1.54. The summed E-state index contributed by atoms with van der Waals surface area (Å²) in [6.07, 6.45) is 7.26. The van der Waals surface area contributed by atoms with Gasteiger partial charge in [-0.05, 0) is 38.3 Å². The molecule has 1 aromatic rings. The van der Waals surface area contributed by atoms with Gasteiger partial charge in [0.25, 0.3) is 0 Å². The number of ether oxygens (including phenoxy) is 1. The van der Waals surface area contributed by atoms with Crippen molar-refractivity contribution in [3.8, 4) is 0 Å². The number of methoxy groups -OCH3 is 1. The first-order valence-electron chi connectivity index (χ1n) is 7.39. The van der Waals surface area contributed by atoms with E-state index < -0.39 is 0 Å². The minimum absolute atomic E-state index is 0.386. The van der Waals surface area contributed by atoms with E-state index in [1.165, 1.54) is 31.2 Å². The molecule has 4 nitrogen and oxygen atoms in total. The molecule has 0 aromatic carbocycles. The summed E-state index contributed by atoms with van der Waals surface area (Å²) in [6, 6.07) is 2.85. The third kappa shape index (κ3) is 3.59. The van der Waals surface area contributed by atoms with Crippen molar-refractivity contribution in [3.63, 3.8) is 0 Å². The van der Waals surface area contributed by atoms with E-state index in [-0.39, 0.29) is 0 Å². The first-order chi connectivity index (χ1) is 9.35. The van der Waals surface area contributed by atoms with Gasteiger partial charge in [-0.15, -0.1) is 0 Å². The molecule has 0 bridgehead atoms. The molecule has 2 heterocycles. The Bertz CT molecular complexity index is 401. The molecule has 1 aliphatic carbocycles. The van der Waals surface area contributed by atoms with Crippen LogP contribution in [0.25, 0.3) is 0 Å². The highest BCUT2D eigenvalue weighted by molar-refractivity contribution is 5.17. The van der Waals surface area contributed by atoms with E-state index in [1.807, 2.05) is 13.4 Å². The number of hydrogen-bond acceptors (Lipinski definition) is 4. The van der Waals surface area contributed by atoms with Crippen molar-refractivity contribution in [3.05, 3.63) is 23.7 Å². The first kappa shape index (κ1) is 13.2. The molecule has 1 N–H and O–H groups in total. The Morgan fingerprint density at radius 3 is 3.11 bits per heavy atom. The van der Waals surface area contributed by atoms with E-state index >= 15 is 0 Å². The monoisotopic (exact) mass is 264 g/mol. The molecule has 4 heteroatoms. The molecule has 0 spiro atoms. The number of hydrogen-bond donors (Lipinski definition) is 1. The fraction of sp³-hybridized carbons (Fsp3) is 0.733. The fourth-order valence-corrected chi connectivity index (χ4v) is 2.76. The predicted octanol–water partition coefficient (Wildman–Crippen LogP) is 2.14. The number of likely N-dealkylation sites (tertiary alicyclic amines) is 1. The molecule has 0 amide bonds. The lowest BCUT2D eigenvalue weighted by Gasteiger charge is -2.31. The molecule has 1 aromatic heterocycles. The first-order valence-corrected chi connectivity index (χ1v) is 7.39. The summed E-state index contributed by atoms with van der Waals surface area (Å²) in [5.74, 6) is 1.12. The van der Waals surface area contributed by atoms with Crippen LogP contribution in [0, 0.1) is 0 Å². The topological polar surface area (TPSA) is 37.6 Å². The van der Waals surface area contributed by atoms with E-state index in [1.54, 1.807) is 0 Å². The molecule has 1 saturated carbocycles. The van der Waals surface area contributed by atoms with Crippen LogP contribution < -0.4 is 5.32 Å². The van der Waals surface area contributed by atoms with Crippen LogP contribution in [-0.2, 0) is 17.8 Å². The SMILES string of the molecule is COC1CCCN(Cc2occc2CNC2CC2)C1. The average Bonchev–Trinajstić information content (AvgIpc) is 3.17. The summed E-state index contributed by atoms with van der Waals surface area (Å²) in [6.45, 7) is 4.02. The van der Waals surface area contributed by atoms with Gasteiger partial charge in [0.05, 0.1) is 18.9 Å². The molecular formula is C15H24N2O2. The van der Waals surface area contributed by atoms with Crippen LogP contribution in [0.1, 0.15) is 37.0 Å². The largest absolute Gasteiger partial charge is 0.468 e. The molecule has 2 aliphatic rings. The van der Waals surface area contributed by atoms with Crippen LogP contribution in [0.2, 0.25) is 0 Å². The second-order valence-electron chi connectivity index (χ2n) is 5.76. The van der Waals surface area contributed by atoms with Crippen molar-refractivity contribution in [2.75, 3.05) is 20.2 Å². The van der Waals surface area contributed by atoms with Crippen LogP contribution in [0.4, 0.5) is 0 Å². The van der Waals surface area contributed by atoms with Gasteiger partial charge < -0.3 is 14.5 Å². The predicted molar refractivity (Wildman–Crippen MR) is 73.9 cm³/mol. The molecule has 1 atom stereocenters. The van der Waals surface area contributed by atoms with E-state index in [2.05, 4.69) is 16.3 Å². The molecule has 2 fully saturated rings. The summed E-state index contributed by atoms with van der Waals surface area (Å²) < 4.78 is 11.1. The van der Waals surface area contributed by atoms with Crippen molar-refractivity contribution in [1.82, 2.24) is 10.2 Å². The van der Waals surface area contributed by atoms with Gasteiger partial charge in [-0.25, -0.2) is 0 Å². The van der Waals surface area contributed by atoms with Crippen molar-refractivity contribution < 1.29 is 9.15 Å². The second-order valence-corrected chi connectivity index (χ2v) is 5.76.